The third-order valence-corrected chi connectivity index (χ3v) is 5.92. The van der Waals surface area contributed by atoms with E-state index in [1.165, 1.54) is 4.90 Å². The molecular formula is C23H24BrNO4S. The second kappa shape index (κ2) is 10.7. The van der Waals surface area contributed by atoms with Crippen LogP contribution in [0.3, 0.4) is 0 Å². The highest BCUT2D eigenvalue weighted by molar-refractivity contribution is 9.10. The van der Waals surface area contributed by atoms with Gasteiger partial charge in [0, 0.05) is 6.54 Å². The highest BCUT2D eigenvalue weighted by Gasteiger charge is 2.34. The van der Waals surface area contributed by atoms with E-state index < -0.39 is 0 Å². The normalized spacial score (nSPS) is 15.2. The third kappa shape index (κ3) is 5.46. The van der Waals surface area contributed by atoms with Gasteiger partial charge in [-0.05, 0) is 76.8 Å². The summed E-state index contributed by atoms with van der Waals surface area (Å²) in [6.45, 7) is 5.38. The summed E-state index contributed by atoms with van der Waals surface area (Å²) in [6, 6.07) is 13.5. The molecule has 0 saturated carbocycles. The first-order chi connectivity index (χ1) is 14.5. The molecule has 0 bridgehead atoms. The first-order valence-electron chi connectivity index (χ1n) is 9.92. The van der Waals surface area contributed by atoms with Crippen LogP contribution in [0.25, 0.3) is 6.08 Å². The molecule has 1 fully saturated rings. The summed E-state index contributed by atoms with van der Waals surface area (Å²) in [5.41, 5.74) is 1.86. The highest BCUT2D eigenvalue weighted by atomic mass is 79.9. The van der Waals surface area contributed by atoms with Crippen LogP contribution in [0.1, 0.15) is 31.4 Å². The van der Waals surface area contributed by atoms with Gasteiger partial charge >= 0.3 is 0 Å². The quantitative estimate of drug-likeness (QED) is 0.409. The maximum absolute atomic E-state index is 12.8. The SMILES string of the molecule is CCCOc1c(Br)cc(/C=C2\SC(=O)N(CCc3ccccc3)C2=O)cc1OCC. The van der Waals surface area contributed by atoms with E-state index in [2.05, 4.69) is 15.9 Å². The number of hydrogen-bond donors (Lipinski definition) is 0. The van der Waals surface area contributed by atoms with Gasteiger partial charge in [-0.1, -0.05) is 37.3 Å². The molecule has 5 nitrogen and oxygen atoms in total. The maximum atomic E-state index is 12.8. The van der Waals surface area contributed by atoms with E-state index in [0.717, 1.165) is 33.8 Å². The molecule has 0 N–H and O–H groups in total. The summed E-state index contributed by atoms with van der Waals surface area (Å²) in [5, 5.41) is -0.242. The molecule has 2 aromatic carbocycles. The van der Waals surface area contributed by atoms with Crippen molar-refractivity contribution in [2.24, 2.45) is 0 Å². The number of carbonyl (C=O) groups is 2. The molecule has 1 aliphatic rings. The summed E-state index contributed by atoms with van der Waals surface area (Å²) >= 11 is 4.50. The fourth-order valence-electron chi connectivity index (χ4n) is 3.01. The van der Waals surface area contributed by atoms with E-state index >= 15 is 0 Å². The van der Waals surface area contributed by atoms with Crippen LogP contribution in [0.15, 0.2) is 51.8 Å². The highest BCUT2D eigenvalue weighted by Crippen LogP contribution is 2.39. The zero-order valence-electron chi connectivity index (χ0n) is 17.0. The van der Waals surface area contributed by atoms with Gasteiger partial charge in [0.05, 0.1) is 22.6 Å². The number of nitrogens with zero attached hydrogens (tertiary/aromatic N) is 1. The van der Waals surface area contributed by atoms with E-state index in [-0.39, 0.29) is 11.1 Å². The second-order valence-corrected chi connectivity index (χ2v) is 8.53. The Morgan fingerprint density at radius 2 is 1.87 bits per heavy atom. The first-order valence-corrected chi connectivity index (χ1v) is 11.5. The number of amides is 2. The molecule has 0 spiro atoms. The van der Waals surface area contributed by atoms with Crippen molar-refractivity contribution >= 4 is 44.9 Å². The Balaban J connectivity index is 1.79. The molecule has 1 aliphatic heterocycles. The van der Waals surface area contributed by atoms with E-state index in [1.54, 1.807) is 6.08 Å². The van der Waals surface area contributed by atoms with Crippen LogP contribution < -0.4 is 9.47 Å². The molecule has 158 valence electrons. The molecule has 0 aliphatic carbocycles. The largest absolute Gasteiger partial charge is 0.490 e. The van der Waals surface area contributed by atoms with Crippen LogP contribution in [0, 0.1) is 0 Å². The minimum Gasteiger partial charge on any atom is -0.490 e. The Morgan fingerprint density at radius 1 is 1.10 bits per heavy atom. The number of rotatable bonds is 9. The van der Waals surface area contributed by atoms with Gasteiger partial charge in [0.1, 0.15) is 0 Å². The molecule has 3 rings (SSSR count). The van der Waals surface area contributed by atoms with Crippen molar-refractivity contribution < 1.29 is 19.1 Å². The van der Waals surface area contributed by atoms with Crippen LogP contribution in [0.2, 0.25) is 0 Å². The molecular weight excluding hydrogens is 466 g/mol. The molecule has 0 atom stereocenters. The Bertz CT molecular complexity index is 946. The lowest BCUT2D eigenvalue weighted by atomic mass is 10.1. The molecule has 0 unspecified atom stereocenters. The van der Waals surface area contributed by atoms with Gasteiger partial charge < -0.3 is 9.47 Å². The lowest BCUT2D eigenvalue weighted by Gasteiger charge is -2.14. The zero-order valence-corrected chi connectivity index (χ0v) is 19.4. The van der Waals surface area contributed by atoms with Crippen molar-refractivity contribution in [3.05, 3.63) is 63.0 Å². The van der Waals surface area contributed by atoms with E-state index in [0.29, 0.717) is 42.6 Å². The van der Waals surface area contributed by atoms with Crippen molar-refractivity contribution in [1.29, 1.82) is 0 Å². The first kappa shape index (κ1) is 22.4. The van der Waals surface area contributed by atoms with Crippen LogP contribution in [0.5, 0.6) is 11.5 Å². The molecule has 1 heterocycles. The number of halogens is 1. The van der Waals surface area contributed by atoms with Crippen LogP contribution >= 0.6 is 27.7 Å². The minimum absolute atomic E-state index is 0.242. The number of carbonyl (C=O) groups excluding carboxylic acids is 2. The monoisotopic (exact) mass is 489 g/mol. The van der Waals surface area contributed by atoms with Gasteiger partial charge in [-0.3, -0.25) is 14.5 Å². The summed E-state index contributed by atoms with van der Waals surface area (Å²) in [7, 11) is 0. The molecule has 0 radical (unpaired) electrons. The van der Waals surface area contributed by atoms with Crippen molar-refractivity contribution in [1.82, 2.24) is 4.90 Å². The van der Waals surface area contributed by atoms with Gasteiger partial charge in [0.2, 0.25) is 0 Å². The van der Waals surface area contributed by atoms with Crippen LogP contribution in [-0.4, -0.2) is 35.8 Å². The Hall–Kier alpha value is -2.25. The lowest BCUT2D eigenvalue weighted by Crippen LogP contribution is -2.30. The number of ether oxygens (including phenoxy) is 2. The smallest absolute Gasteiger partial charge is 0.293 e. The molecule has 30 heavy (non-hydrogen) atoms. The average Bonchev–Trinajstić information content (AvgIpc) is 2.99. The lowest BCUT2D eigenvalue weighted by molar-refractivity contribution is -0.122. The van der Waals surface area contributed by atoms with Gasteiger partial charge in [0.15, 0.2) is 11.5 Å². The van der Waals surface area contributed by atoms with E-state index in [1.807, 2.05) is 56.3 Å². The van der Waals surface area contributed by atoms with Crippen LogP contribution in [0.4, 0.5) is 4.79 Å². The number of thioether (sulfide) groups is 1. The Labute approximate surface area is 189 Å². The van der Waals surface area contributed by atoms with Crippen molar-refractivity contribution in [3.63, 3.8) is 0 Å². The Morgan fingerprint density at radius 3 is 2.57 bits per heavy atom. The molecule has 2 aromatic rings. The third-order valence-electron chi connectivity index (χ3n) is 4.42. The predicted octanol–water partition coefficient (Wildman–Crippen LogP) is 5.92. The molecule has 2 amide bonds. The average molecular weight is 490 g/mol. The summed E-state index contributed by atoms with van der Waals surface area (Å²) in [4.78, 5) is 26.9. The zero-order chi connectivity index (χ0) is 21.5. The number of benzene rings is 2. The fourth-order valence-corrected chi connectivity index (χ4v) is 4.45. The standard InChI is InChI=1S/C23H24BrNO4S/c1-3-12-29-21-18(24)13-17(14-19(21)28-4-2)15-20-22(26)25(23(27)30-20)11-10-16-8-6-5-7-9-16/h5-9,13-15H,3-4,10-12H2,1-2H3/b20-15-. The Kier molecular flexibility index (Phi) is 7.99. The van der Waals surface area contributed by atoms with Crippen molar-refractivity contribution in [3.8, 4) is 11.5 Å². The second-order valence-electron chi connectivity index (χ2n) is 6.68. The van der Waals surface area contributed by atoms with Gasteiger partial charge in [0.25, 0.3) is 11.1 Å². The van der Waals surface area contributed by atoms with Gasteiger partial charge in [-0.2, -0.15) is 0 Å². The molecule has 1 saturated heterocycles. The molecule has 0 aromatic heterocycles. The van der Waals surface area contributed by atoms with Crippen molar-refractivity contribution in [2.75, 3.05) is 19.8 Å². The summed E-state index contributed by atoms with van der Waals surface area (Å²) in [6.07, 6.45) is 3.25. The topological polar surface area (TPSA) is 55.8 Å². The van der Waals surface area contributed by atoms with Crippen molar-refractivity contribution in [2.45, 2.75) is 26.7 Å². The van der Waals surface area contributed by atoms with E-state index in [4.69, 9.17) is 9.47 Å². The number of hydrogen-bond acceptors (Lipinski definition) is 5. The summed E-state index contributed by atoms with van der Waals surface area (Å²) < 4.78 is 12.3. The fraction of sp³-hybridized carbons (Fsp3) is 0.304. The number of imide groups is 1. The minimum atomic E-state index is -0.263. The van der Waals surface area contributed by atoms with E-state index in [9.17, 15) is 9.59 Å². The van der Waals surface area contributed by atoms with Gasteiger partial charge in [-0.15, -0.1) is 0 Å². The summed E-state index contributed by atoms with van der Waals surface area (Å²) in [5.74, 6) is 0.989. The van der Waals surface area contributed by atoms with Crippen LogP contribution in [-0.2, 0) is 11.2 Å². The predicted molar refractivity (Wildman–Crippen MR) is 124 cm³/mol. The molecule has 7 heteroatoms. The maximum Gasteiger partial charge on any atom is 0.293 e. The van der Waals surface area contributed by atoms with Gasteiger partial charge in [-0.25, -0.2) is 0 Å².